The van der Waals surface area contributed by atoms with E-state index >= 15 is 0 Å². The van der Waals surface area contributed by atoms with E-state index in [2.05, 4.69) is 9.72 Å². The number of benzene rings is 2. The van der Waals surface area contributed by atoms with E-state index < -0.39 is 21.3 Å². The SMILES string of the molecule is COC(=O)C(c1ccc(OCCc2c[nH]c3ccccc23)cc1)S(=O)(=O)O.[NaH]. The number of carbonyl (C=O) groups is 1. The van der Waals surface area contributed by atoms with Gasteiger partial charge in [0.15, 0.2) is 0 Å². The van der Waals surface area contributed by atoms with Crippen molar-refractivity contribution in [1.82, 2.24) is 4.98 Å². The number of hydrogen-bond acceptors (Lipinski definition) is 5. The minimum atomic E-state index is -4.63. The summed E-state index contributed by atoms with van der Waals surface area (Å²) in [5, 5.41) is -0.631. The third-order valence-corrected chi connectivity index (χ3v) is 5.27. The number of fused-ring (bicyclic) bond motifs is 1. The summed E-state index contributed by atoms with van der Waals surface area (Å²) in [4.78, 5) is 14.9. The van der Waals surface area contributed by atoms with E-state index in [0.29, 0.717) is 18.8 Å². The van der Waals surface area contributed by atoms with Crippen LogP contribution in [0.5, 0.6) is 5.75 Å². The van der Waals surface area contributed by atoms with Gasteiger partial charge in [0.05, 0.1) is 13.7 Å². The fraction of sp³-hybridized carbons (Fsp3) is 0.211. The van der Waals surface area contributed by atoms with Crippen LogP contribution in [-0.4, -0.2) is 67.2 Å². The number of aromatic amines is 1. The number of esters is 1. The molecule has 28 heavy (non-hydrogen) atoms. The molecular formula is C19H20NNaO6S. The van der Waals surface area contributed by atoms with Crippen LogP contribution in [0.4, 0.5) is 0 Å². The monoisotopic (exact) mass is 413 g/mol. The molecular weight excluding hydrogens is 393 g/mol. The molecule has 1 atom stereocenters. The Morgan fingerprint density at radius 3 is 2.46 bits per heavy atom. The van der Waals surface area contributed by atoms with E-state index in [0.717, 1.165) is 23.6 Å². The van der Waals surface area contributed by atoms with Crippen LogP contribution in [0.25, 0.3) is 10.9 Å². The van der Waals surface area contributed by atoms with E-state index in [-0.39, 0.29) is 35.1 Å². The summed E-state index contributed by atoms with van der Waals surface area (Å²) in [7, 11) is -3.57. The standard InChI is InChI=1S/C19H19NO6S.Na.H/c1-25-19(21)18(27(22,23)24)13-6-8-15(9-7-13)26-11-10-14-12-20-17-5-3-2-4-16(14)17;;/h2-9,12,18,20H,10-11H2,1H3,(H,22,23,24);;. The quantitative estimate of drug-likeness (QED) is 0.350. The van der Waals surface area contributed by atoms with Gasteiger partial charge in [-0.05, 0) is 29.3 Å². The van der Waals surface area contributed by atoms with Crippen LogP contribution in [-0.2, 0) is 26.1 Å². The van der Waals surface area contributed by atoms with Gasteiger partial charge in [0.2, 0.25) is 5.25 Å². The summed E-state index contributed by atoms with van der Waals surface area (Å²) in [6, 6.07) is 13.9. The van der Waals surface area contributed by atoms with Crippen LogP contribution >= 0.6 is 0 Å². The maximum absolute atomic E-state index is 11.7. The number of para-hydroxylation sites is 1. The Hall–Kier alpha value is -1.84. The first kappa shape index (κ1) is 22.4. The van der Waals surface area contributed by atoms with E-state index in [1.807, 2.05) is 30.5 Å². The molecule has 1 heterocycles. The molecule has 3 rings (SSSR count). The molecule has 2 aromatic carbocycles. The van der Waals surface area contributed by atoms with Crippen LogP contribution in [0, 0.1) is 0 Å². The third kappa shape index (κ3) is 5.15. The first-order chi connectivity index (χ1) is 12.9. The van der Waals surface area contributed by atoms with Crippen molar-refractivity contribution >= 4 is 56.5 Å². The molecule has 0 saturated heterocycles. The molecule has 0 fully saturated rings. The average Bonchev–Trinajstić information content (AvgIpc) is 3.05. The molecule has 0 bridgehead atoms. The topological polar surface area (TPSA) is 106 Å². The van der Waals surface area contributed by atoms with Gasteiger partial charge in [-0.1, -0.05) is 30.3 Å². The number of aromatic nitrogens is 1. The van der Waals surface area contributed by atoms with Crippen LogP contribution in [0.3, 0.4) is 0 Å². The zero-order chi connectivity index (χ0) is 19.4. The minimum absolute atomic E-state index is 0. The van der Waals surface area contributed by atoms with Crippen molar-refractivity contribution in [3.05, 3.63) is 65.9 Å². The van der Waals surface area contributed by atoms with Crippen LogP contribution in [0.15, 0.2) is 54.7 Å². The van der Waals surface area contributed by atoms with Crippen molar-refractivity contribution in [3.8, 4) is 5.75 Å². The van der Waals surface area contributed by atoms with Gasteiger partial charge >= 0.3 is 35.5 Å². The fourth-order valence-electron chi connectivity index (χ4n) is 2.89. The second kappa shape index (κ2) is 9.58. The molecule has 0 amide bonds. The van der Waals surface area contributed by atoms with Crippen molar-refractivity contribution < 1.29 is 27.2 Å². The first-order valence-electron chi connectivity index (χ1n) is 8.22. The summed E-state index contributed by atoms with van der Waals surface area (Å²) < 4.78 is 42.3. The fourth-order valence-corrected chi connectivity index (χ4v) is 3.73. The molecule has 0 aliphatic heterocycles. The van der Waals surface area contributed by atoms with Gasteiger partial charge in [-0.15, -0.1) is 0 Å². The van der Waals surface area contributed by atoms with Crippen molar-refractivity contribution in [3.63, 3.8) is 0 Å². The Bertz CT molecular complexity index is 1050. The molecule has 0 spiro atoms. The van der Waals surface area contributed by atoms with Crippen molar-refractivity contribution in [2.75, 3.05) is 13.7 Å². The van der Waals surface area contributed by atoms with Gasteiger partial charge in [-0.25, -0.2) is 0 Å². The predicted octanol–water partition coefficient (Wildman–Crippen LogP) is 2.24. The maximum atomic E-state index is 11.7. The van der Waals surface area contributed by atoms with Gasteiger partial charge in [-0.2, -0.15) is 8.42 Å². The predicted molar refractivity (Wildman–Crippen MR) is 107 cm³/mol. The molecule has 3 aromatic rings. The Kier molecular flexibility index (Phi) is 7.68. The molecule has 9 heteroatoms. The number of nitrogens with one attached hydrogen (secondary N) is 1. The van der Waals surface area contributed by atoms with Gasteiger partial charge < -0.3 is 14.5 Å². The third-order valence-electron chi connectivity index (χ3n) is 4.21. The molecule has 1 aromatic heterocycles. The van der Waals surface area contributed by atoms with E-state index in [4.69, 9.17) is 4.74 Å². The zero-order valence-corrected chi connectivity index (χ0v) is 15.4. The molecule has 2 N–H and O–H groups in total. The zero-order valence-electron chi connectivity index (χ0n) is 14.6. The average molecular weight is 413 g/mol. The molecule has 0 radical (unpaired) electrons. The van der Waals surface area contributed by atoms with E-state index in [1.54, 1.807) is 12.1 Å². The summed E-state index contributed by atoms with van der Waals surface area (Å²) in [6.07, 6.45) is 2.64. The molecule has 0 aliphatic rings. The summed E-state index contributed by atoms with van der Waals surface area (Å²) >= 11 is 0. The van der Waals surface area contributed by atoms with Crippen LogP contribution in [0.2, 0.25) is 0 Å². The number of H-pyrrole nitrogens is 1. The number of carbonyl (C=O) groups excluding carboxylic acids is 1. The Morgan fingerprint density at radius 2 is 1.82 bits per heavy atom. The van der Waals surface area contributed by atoms with Crippen LogP contribution < -0.4 is 4.74 Å². The summed E-state index contributed by atoms with van der Waals surface area (Å²) in [5.74, 6) is -0.525. The van der Waals surface area contributed by atoms with Crippen molar-refractivity contribution in [2.24, 2.45) is 0 Å². The van der Waals surface area contributed by atoms with E-state index in [9.17, 15) is 17.8 Å². The second-order valence-electron chi connectivity index (χ2n) is 5.95. The molecule has 0 saturated carbocycles. The van der Waals surface area contributed by atoms with E-state index in [1.165, 1.54) is 12.1 Å². The summed E-state index contributed by atoms with van der Waals surface area (Å²) in [5.41, 5.74) is 2.31. The Morgan fingerprint density at radius 1 is 1.14 bits per heavy atom. The first-order valence-corrected chi connectivity index (χ1v) is 9.72. The van der Waals surface area contributed by atoms with Gasteiger partial charge in [0, 0.05) is 23.5 Å². The van der Waals surface area contributed by atoms with Crippen molar-refractivity contribution in [2.45, 2.75) is 11.7 Å². The Labute approximate surface area is 185 Å². The normalized spacial score (nSPS) is 12.2. The van der Waals surface area contributed by atoms with Crippen LogP contribution in [0.1, 0.15) is 16.4 Å². The number of methoxy groups -OCH3 is 1. The van der Waals surface area contributed by atoms with Crippen molar-refractivity contribution in [1.29, 1.82) is 0 Å². The van der Waals surface area contributed by atoms with Gasteiger partial charge in [-0.3, -0.25) is 9.35 Å². The molecule has 144 valence electrons. The summed E-state index contributed by atoms with van der Waals surface area (Å²) in [6.45, 7) is 0.430. The number of hydrogen-bond donors (Lipinski definition) is 2. The second-order valence-corrected chi connectivity index (χ2v) is 7.45. The Balaban J connectivity index is 0.00000280. The number of rotatable bonds is 7. The number of ether oxygens (including phenoxy) is 2. The molecule has 1 unspecified atom stereocenters. The molecule has 0 aliphatic carbocycles. The molecule has 7 nitrogen and oxygen atoms in total. The van der Waals surface area contributed by atoms with Gasteiger partial charge in [0.25, 0.3) is 10.1 Å². The van der Waals surface area contributed by atoms with Gasteiger partial charge in [0.1, 0.15) is 5.75 Å².